The smallest absolute Gasteiger partial charge is 0.416 e. The molecule has 4 rings (SSSR count). The number of ether oxygens (including phenoxy) is 1. The van der Waals surface area contributed by atoms with E-state index in [0.717, 1.165) is 17.7 Å². The molecule has 0 N–H and O–H groups in total. The number of aromatic nitrogens is 2. The molecule has 1 saturated heterocycles. The summed E-state index contributed by atoms with van der Waals surface area (Å²) in [7, 11) is 1.53. The lowest BCUT2D eigenvalue weighted by Gasteiger charge is -2.19. The highest BCUT2D eigenvalue weighted by Gasteiger charge is 2.36. The lowest BCUT2D eigenvalue weighted by atomic mass is 10.1. The number of nitrogens with zero attached hydrogens (tertiary/aromatic N) is 3. The topological polar surface area (TPSA) is 68.5 Å². The maximum atomic E-state index is 13.0. The van der Waals surface area contributed by atoms with E-state index >= 15 is 0 Å². The van der Waals surface area contributed by atoms with Crippen molar-refractivity contribution < 1.29 is 27.2 Å². The van der Waals surface area contributed by atoms with Crippen molar-refractivity contribution in [2.75, 3.05) is 18.6 Å². The molecule has 3 aromatic rings. The summed E-state index contributed by atoms with van der Waals surface area (Å²) in [5.74, 6) is 0.349. The number of methoxy groups -OCH3 is 1. The molecule has 1 amide bonds. The van der Waals surface area contributed by atoms with Crippen LogP contribution in [0.4, 0.5) is 18.9 Å². The third-order valence-corrected chi connectivity index (χ3v) is 4.99. The Labute approximate surface area is 170 Å². The second-order valence-electron chi connectivity index (χ2n) is 7.12. The maximum Gasteiger partial charge on any atom is 0.416 e. The van der Waals surface area contributed by atoms with Crippen molar-refractivity contribution in [1.82, 2.24) is 10.1 Å². The van der Waals surface area contributed by atoms with Crippen LogP contribution in [0.25, 0.3) is 11.4 Å². The summed E-state index contributed by atoms with van der Waals surface area (Å²) in [6, 6.07) is 10.3. The molecule has 2 heterocycles. The SMILES string of the molecule is COc1ccc(C)cc1N1CC(c2nc(-c3cccc(C(F)(F)F)c3)no2)CC1=O. The first-order chi connectivity index (χ1) is 14.3. The molecular weight excluding hydrogens is 399 g/mol. The summed E-state index contributed by atoms with van der Waals surface area (Å²) in [6.45, 7) is 2.23. The van der Waals surface area contributed by atoms with Crippen molar-refractivity contribution in [1.29, 1.82) is 0 Å². The molecule has 1 aliphatic rings. The van der Waals surface area contributed by atoms with Crippen LogP contribution >= 0.6 is 0 Å². The molecule has 2 aromatic carbocycles. The molecule has 0 aliphatic carbocycles. The molecule has 1 atom stereocenters. The van der Waals surface area contributed by atoms with Gasteiger partial charge in [-0.15, -0.1) is 0 Å². The zero-order valence-corrected chi connectivity index (χ0v) is 16.2. The van der Waals surface area contributed by atoms with Gasteiger partial charge in [-0.25, -0.2) is 0 Å². The van der Waals surface area contributed by atoms with E-state index in [1.165, 1.54) is 19.2 Å². The maximum absolute atomic E-state index is 13.0. The van der Waals surface area contributed by atoms with E-state index in [1.54, 1.807) is 11.0 Å². The van der Waals surface area contributed by atoms with Crippen LogP contribution in [0.1, 0.15) is 29.4 Å². The molecule has 0 saturated carbocycles. The Morgan fingerprint density at radius 3 is 2.73 bits per heavy atom. The highest BCUT2D eigenvalue weighted by molar-refractivity contribution is 5.97. The van der Waals surface area contributed by atoms with Crippen LogP contribution in [0, 0.1) is 6.92 Å². The lowest BCUT2D eigenvalue weighted by molar-refractivity contribution is -0.137. The fraction of sp³-hybridized carbons (Fsp3) is 0.286. The number of rotatable bonds is 4. The average molecular weight is 417 g/mol. The number of alkyl halides is 3. The van der Waals surface area contributed by atoms with Gasteiger partial charge in [0.1, 0.15) is 5.75 Å². The van der Waals surface area contributed by atoms with Crippen molar-refractivity contribution in [2.24, 2.45) is 0 Å². The lowest BCUT2D eigenvalue weighted by Crippen LogP contribution is -2.25. The summed E-state index contributed by atoms with van der Waals surface area (Å²) in [6.07, 6.45) is -4.31. The Morgan fingerprint density at radius 1 is 1.20 bits per heavy atom. The van der Waals surface area contributed by atoms with E-state index in [4.69, 9.17) is 9.26 Å². The van der Waals surface area contributed by atoms with Gasteiger partial charge < -0.3 is 14.2 Å². The standard InChI is InChI=1S/C21H18F3N3O3/c1-12-6-7-17(29-2)16(8-12)27-11-14(10-18(27)28)20-25-19(26-30-20)13-4-3-5-15(9-13)21(22,23)24/h3-9,14H,10-11H2,1-2H3. The van der Waals surface area contributed by atoms with Crippen molar-refractivity contribution in [3.8, 4) is 17.1 Å². The van der Waals surface area contributed by atoms with Crippen LogP contribution in [0.5, 0.6) is 5.75 Å². The van der Waals surface area contributed by atoms with Crippen molar-refractivity contribution in [3.63, 3.8) is 0 Å². The minimum absolute atomic E-state index is 0.0511. The minimum Gasteiger partial charge on any atom is -0.495 e. The number of carbonyl (C=O) groups is 1. The monoisotopic (exact) mass is 417 g/mol. The van der Waals surface area contributed by atoms with Crippen LogP contribution in [-0.2, 0) is 11.0 Å². The van der Waals surface area contributed by atoms with Gasteiger partial charge in [0.05, 0.1) is 24.3 Å². The zero-order valence-electron chi connectivity index (χ0n) is 16.2. The van der Waals surface area contributed by atoms with Crippen LogP contribution < -0.4 is 9.64 Å². The number of hydrogen-bond acceptors (Lipinski definition) is 5. The molecule has 0 bridgehead atoms. The number of benzene rings is 2. The molecule has 0 radical (unpaired) electrons. The van der Waals surface area contributed by atoms with Crippen molar-refractivity contribution >= 4 is 11.6 Å². The zero-order chi connectivity index (χ0) is 21.5. The largest absolute Gasteiger partial charge is 0.495 e. The number of amides is 1. The molecule has 0 spiro atoms. The van der Waals surface area contributed by atoms with Crippen molar-refractivity contribution in [2.45, 2.75) is 25.4 Å². The van der Waals surface area contributed by atoms with E-state index in [0.29, 0.717) is 18.0 Å². The van der Waals surface area contributed by atoms with Gasteiger partial charge >= 0.3 is 6.18 Å². The van der Waals surface area contributed by atoms with Gasteiger partial charge in [-0.1, -0.05) is 23.4 Å². The van der Waals surface area contributed by atoms with E-state index in [9.17, 15) is 18.0 Å². The molecule has 1 unspecified atom stereocenters. The Kier molecular flexibility index (Phi) is 4.97. The third-order valence-electron chi connectivity index (χ3n) is 4.99. The fourth-order valence-electron chi connectivity index (χ4n) is 3.47. The van der Waals surface area contributed by atoms with Gasteiger partial charge in [0.25, 0.3) is 0 Å². The first kappa shape index (κ1) is 19.9. The number of carbonyl (C=O) groups excluding carboxylic acids is 1. The number of aryl methyl sites for hydroxylation is 1. The molecule has 30 heavy (non-hydrogen) atoms. The Balaban J connectivity index is 1.58. The third kappa shape index (κ3) is 3.74. The first-order valence-electron chi connectivity index (χ1n) is 9.22. The Bertz CT molecular complexity index is 1090. The highest BCUT2D eigenvalue weighted by Crippen LogP contribution is 2.37. The van der Waals surface area contributed by atoms with Gasteiger partial charge in [-0.3, -0.25) is 4.79 Å². The number of halogens is 3. The quantitative estimate of drug-likeness (QED) is 0.621. The minimum atomic E-state index is -4.46. The molecule has 156 valence electrons. The Hall–Kier alpha value is -3.36. The number of anilines is 1. The Morgan fingerprint density at radius 2 is 2.00 bits per heavy atom. The molecular formula is C21H18F3N3O3. The van der Waals surface area contributed by atoms with Crippen LogP contribution in [0.2, 0.25) is 0 Å². The van der Waals surface area contributed by atoms with Gasteiger partial charge in [0.15, 0.2) is 0 Å². The summed E-state index contributed by atoms with van der Waals surface area (Å²) < 4.78 is 49.5. The summed E-state index contributed by atoms with van der Waals surface area (Å²) >= 11 is 0. The van der Waals surface area contributed by atoms with Gasteiger partial charge in [0, 0.05) is 18.5 Å². The average Bonchev–Trinajstić information content (AvgIpc) is 3.34. The molecule has 9 heteroatoms. The summed E-state index contributed by atoms with van der Waals surface area (Å²) in [5, 5.41) is 3.82. The summed E-state index contributed by atoms with van der Waals surface area (Å²) in [5.41, 5.74) is 1.04. The second kappa shape index (κ2) is 7.47. The van der Waals surface area contributed by atoms with E-state index < -0.39 is 11.7 Å². The van der Waals surface area contributed by atoms with Crippen LogP contribution in [0.3, 0.4) is 0 Å². The van der Waals surface area contributed by atoms with E-state index in [2.05, 4.69) is 10.1 Å². The normalized spacial score (nSPS) is 16.9. The second-order valence-corrected chi connectivity index (χ2v) is 7.12. The van der Waals surface area contributed by atoms with Crippen molar-refractivity contribution in [3.05, 3.63) is 59.5 Å². The molecule has 1 aromatic heterocycles. The van der Waals surface area contributed by atoms with E-state index in [-0.39, 0.29) is 35.5 Å². The molecule has 6 nitrogen and oxygen atoms in total. The number of hydrogen-bond donors (Lipinski definition) is 0. The predicted molar refractivity (Wildman–Crippen MR) is 102 cm³/mol. The first-order valence-corrected chi connectivity index (χ1v) is 9.22. The fourth-order valence-corrected chi connectivity index (χ4v) is 3.47. The van der Waals surface area contributed by atoms with Crippen LogP contribution in [-0.4, -0.2) is 29.7 Å². The van der Waals surface area contributed by atoms with Gasteiger partial charge in [-0.05, 0) is 36.8 Å². The summed E-state index contributed by atoms with van der Waals surface area (Å²) in [4.78, 5) is 18.5. The van der Waals surface area contributed by atoms with Crippen LogP contribution in [0.15, 0.2) is 47.0 Å². The van der Waals surface area contributed by atoms with Gasteiger partial charge in [0.2, 0.25) is 17.6 Å². The molecule has 1 fully saturated rings. The highest BCUT2D eigenvalue weighted by atomic mass is 19.4. The van der Waals surface area contributed by atoms with Gasteiger partial charge in [-0.2, -0.15) is 18.2 Å². The molecule has 1 aliphatic heterocycles. The van der Waals surface area contributed by atoms with E-state index in [1.807, 2.05) is 19.1 Å². The predicted octanol–water partition coefficient (Wildman–Crippen LogP) is 4.59.